The van der Waals surface area contributed by atoms with Gasteiger partial charge in [0.15, 0.2) is 5.82 Å². The fourth-order valence-electron chi connectivity index (χ4n) is 3.21. The summed E-state index contributed by atoms with van der Waals surface area (Å²) in [6.45, 7) is 9.23. The Hall–Kier alpha value is -1.73. The van der Waals surface area contributed by atoms with Crippen molar-refractivity contribution < 1.29 is 0 Å². The van der Waals surface area contributed by atoms with Gasteiger partial charge in [0.2, 0.25) is 0 Å². The first-order valence-electron chi connectivity index (χ1n) is 9.18. The quantitative estimate of drug-likeness (QED) is 0.793. The lowest BCUT2D eigenvalue weighted by molar-refractivity contribution is -0.183. The maximum absolute atomic E-state index is 6.41. The summed E-state index contributed by atoms with van der Waals surface area (Å²) in [6, 6.07) is 11.0. The average Bonchev–Trinajstić information content (AvgIpc) is 2.64. The summed E-state index contributed by atoms with van der Waals surface area (Å²) in [5.74, 6) is 0.874. The van der Waals surface area contributed by atoms with E-state index in [2.05, 4.69) is 77.0 Å². The van der Waals surface area contributed by atoms with Crippen LogP contribution in [-0.4, -0.2) is 59.4 Å². The Morgan fingerprint density at radius 1 is 1.15 bits per heavy atom. The van der Waals surface area contributed by atoms with Crippen LogP contribution in [0.25, 0.3) is 0 Å². The Bertz CT molecular complexity index is 637. The molecule has 0 saturated carbocycles. The van der Waals surface area contributed by atoms with Gasteiger partial charge in [0.05, 0.1) is 5.03 Å². The number of halogens is 1. The molecular formula is C19H29ClN6. The lowest BCUT2D eigenvalue weighted by atomic mass is 10.2. The zero-order valence-corrected chi connectivity index (χ0v) is 16.6. The molecule has 1 aromatic rings. The van der Waals surface area contributed by atoms with Crippen LogP contribution in [0.15, 0.2) is 53.5 Å². The largest absolute Gasteiger partial charge is 0.366 e. The van der Waals surface area contributed by atoms with Crippen LogP contribution in [0, 0.1) is 0 Å². The van der Waals surface area contributed by atoms with E-state index < -0.39 is 0 Å². The van der Waals surface area contributed by atoms with E-state index in [9.17, 15) is 0 Å². The van der Waals surface area contributed by atoms with Crippen molar-refractivity contribution in [3.8, 4) is 0 Å². The number of hydrazine groups is 3. The van der Waals surface area contributed by atoms with E-state index in [0.29, 0.717) is 11.1 Å². The van der Waals surface area contributed by atoms with Gasteiger partial charge in [-0.05, 0) is 25.5 Å². The number of rotatable bonds is 6. The molecule has 0 radical (unpaired) electrons. The minimum absolute atomic E-state index is 0.297. The van der Waals surface area contributed by atoms with Crippen LogP contribution >= 0.6 is 11.6 Å². The first kappa shape index (κ1) is 19.0. The highest BCUT2D eigenvalue weighted by atomic mass is 35.5. The van der Waals surface area contributed by atoms with Crippen molar-refractivity contribution in [1.82, 2.24) is 30.9 Å². The van der Waals surface area contributed by atoms with Gasteiger partial charge in [0, 0.05) is 52.0 Å². The summed E-state index contributed by atoms with van der Waals surface area (Å²) >= 11 is 6.41. The molecule has 0 amide bonds. The number of hydrogen-bond donors (Lipinski definition) is 2. The normalized spacial score (nSPS) is 19.4. The topological polar surface area (TPSA) is 37.0 Å². The zero-order chi connectivity index (χ0) is 18.5. The van der Waals surface area contributed by atoms with Crippen molar-refractivity contribution in [3.05, 3.63) is 59.0 Å². The van der Waals surface area contributed by atoms with Crippen molar-refractivity contribution in [3.63, 3.8) is 0 Å². The molecule has 26 heavy (non-hydrogen) atoms. The standard InChI is InChI=1S/C19H29ClN6/c1-16(2)22-19-18(20)9-10-21-26(19)23(3)25-13-11-24(12-14-25)15-17-7-5-4-6-8-17/h4-10,16,21-22H,11-15H2,1-3H3. The molecule has 3 rings (SSSR count). The summed E-state index contributed by atoms with van der Waals surface area (Å²) in [7, 11) is 2.06. The van der Waals surface area contributed by atoms with Crippen LogP contribution in [0.4, 0.5) is 0 Å². The number of hydrogen-bond acceptors (Lipinski definition) is 6. The van der Waals surface area contributed by atoms with Gasteiger partial charge in [-0.2, -0.15) is 5.12 Å². The molecule has 2 heterocycles. The highest BCUT2D eigenvalue weighted by Gasteiger charge is 2.27. The van der Waals surface area contributed by atoms with E-state index in [0.717, 1.165) is 38.5 Å². The Morgan fingerprint density at radius 2 is 1.85 bits per heavy atom. The summed E-state index contributed by atoms with van der Waals surface area (Å²) in [5.41, 5.74) is 4.64. The highest BCUT2D eigenvalue weighted by Crippen LogP contribution is 2.19. The predicted molar refractivity (Wildman–Crippen MR) is 106 cm³/mol. The number of nitrogens with zero attached hydrogens (tertiary/aromatic N) is 4. The molecule has 0 unspecified atom stereocenters. The fraction of sp³-hybridized carbons (Fsp3) is 0.474. The van der Waals surface area contributed by atoms with Crippen LogP contribution in [-0.2, 0) is 6.54 Å². The van der Waals surface area contributed by atoms with Crippen molar-refractivity contribution in [2.75, 3.05) is 33.2 Å². The lowest BCUT2D eigenvalue weighted by Crippen LogP contribution is -2.61. The van der Waals surface area contributed by atoms with E-state index in [4.69, 9.17) is 11.6 Å². The zero-order valence-electron chi connectivity index (χ0n) is 15.8. The summed E-state index contributed by atoms with van der Waals surface area (Å²) in [5, 5.41) is 10.5. The third-order valence-electron chi connectivity index (χ3n) is 4.59. The number of allylic oxidation sites excluding steroid dienone is 2. The lowest BCUT2D eigenvalue weighted by Gasteiger charge is -2.45. The van der Waals surface area contributed by atoms with Gasteiger partial charge in [-0.15, -0.1) is 5.12 Å². The predicted octanol–water partition coefficient (Wildman–Crippen LogP) is 2.31. The van der Waals surface area contributed by atoms with Crippen molar-refractivity contribution in [2.45, 2.75) is 26.4 Å². The first-order chi connectivity index (χ1) is 12.5. The van der Waals surface area contributed by atoms with Crippen LogP contribution in [0.1, 0.15) is 19.4 Å². The molecular weight excluding hydrogens is 348 g/mol. The minimum atomic E-state index is 0.297. The number of piperazine rings is 1. The maximum Gasteiger partial charge on any atom is 0.159 e. The van der Waals surface area contributed by atoms with E-state index in [1.54, 1.807) is 0 Å². The van der Waals surface area contributed by atoms with Crippen LogP contribution in [0.5, 0.6) is 0 Å². The molecule has 0 aliphatic carbocycles. The molecule has 1 saturated heterocycles. The second-order valence-corrected chi connectivity index (χ2v) is 7.38. The molecule has 0 bridgehead atoms. The Labute approximate surface area is 161 Å². The molecule has 1 fully saturated rings. The maximum atomic E-state index is 6.41. The fourth-order valence-corrected chi connectivity index (χ4v) is 3.41. The van der Waals surface area contributed by atoms with Gasteiger partial charge in [0.1, 0.15) is 0 Å². The van der Waals surface area contributed by atoms with E-state index in [-0.39, 0.29) is 0 Å². The van der Waals surface area contributed by atoms with E-state index >= 15 is 0 Å². The van der Waals surface area contributed by atoms with Crippen molar-refractivity contribution >= 4 is 11.6 Å². The van der Waals surface area contributed by atoms with Gasteiger partial charge >= 0.3 is 0 Å². The first-order valence-corrected chi connectivity index (χ1v) is 9.56. The minimum Gasteiger partial charge on any atom is -0.366 e. The molecule has 2 aliphatic rings. The van der Waals surface area contributed by atoms with Crippen molar-refractivity contribution in [2.24, 2.45) is 0 Å². The van der Waals surface area contributed by atoms with Gasteiger partial charge < -0.3 is 5.32 Å². The smallest absolute Gasteiger partial charge is 0.159 e. The Balaban J connectivity index is 1.57. The third kappa shape index (κ3) is 4.71. The highest BCUT2D eigenvalue weighted by molar-refractivity contribution is 6.31. The van der Waals surface area contributed by atoms with Gasteiger partial charge in [0.25, 0.3) is 0 Å². The molecule has 0 atom stereocenters. The van der Waals surface area contributed by atoms with E-state index in [1.807, 2.05) is 17.4 Å². The second-order valence-electron chi connectivity index (χ2n) is 6.97. The average molecular weight is 377 g/mol. The van der Waals surface area contributed by atoms with Crippen LogP contribution in [0.3, 0.4) is 0 Å². The van der Waals surface area contributed by atoms with Crippen molar-refractivity contribution in [1.29, 1.82) is 0 Å². The molecule has 2 N–H and O–H groups in total. The Kier molecular flexibility index (Phi) is 6.43. The van der Waals surface area contributed by atoms with Crippen LogP contribution < -0.4 is 10.7 Å². The molecule has 1 aromatic carbocycles. The van der Waals surface area contributed by atoms with Gasteiger partial charge in [-0.3, -0.25) is 10.3 Å². The molecule has 6 nitrogen and oxygen atoms in total. The van der Waals surface area contributed by atoms with E-state index in [1.165, 1.54) is 5.56 Å². The van der Waals surface area contributed by atoms with Crippen LogP contribution in [0.2, 0.25) is 0 Å². The number of benzene rings is 1. The van der Waals surface area contributed by atoms with Gasteiger partial charge in [-0.25, -0.2) is 5.01 Å². The molecule has 7 heteroatoms. The number of nitrogens with one attached hydrogen (secondary N) is 2. The summed E-state index contributed by atoms with van der Waals surface area (Å²) < 4.78 is 0. The summed E-state index contributed by atoms with van der Waals surface area (Å²) in [6.07, 6.45) is 3.73. The van der Waals surface area contributed by atoms with Gasteiger partial charge in [-0.1, -0.05) is 41.9 Å². The molecule has 0 spiro atoms. The molecule has 142 valence electrons. The Morgan fingerprint density at radius 3 is 2.50 bits per heavy atom. The second kappa shape index (κ2) is 8.77. The SMILES string of the molecule is CC(C)NC1=C(Cl)C=CNN1N(C)N1CCN(Cc2ccccc2)CC1. The molecule has 0 aromatic heterocycles. The molecule has 2 aliphatic heterocycles. The third-order valence-corrected chi connectivity index (χ3v) is 4.89. The summed E-state index contributed by atoms with van der Waals surface area (Å²) in [4.78, 5) is 2.50. The monoisotopic (exact) mass is 376 g/mol.